The van der Waals surface area contributed by atoms with Crippen LogP contribution in [0.1, 0.15) is 5.56 Å². The summed E-state index contributed by atoms with van der Waals surface area (Å²) in [5.41, 5.74) is 0.780. The van der Waals surface area contributed by atoms with Gasteiger partial charge in [-0.2, -0.15) is 0 Å². The topological polar surface area (TPSA) is 67.4 Å². The lowest BCUT2D eigenvalue weighted by atomic mass is 10.1. The van der Waals surface area contributed by atoms with Crippen LogP contribution in [-0.2, 0) is 4.79 Å². The molecule has 1 aromatic carbocycles. The molecule has 1 aromatic rings. The zero-order valence-corrected chi connectivity index (χ0v) is 9.67. The molecule has 1 aliphatic rings. The van der Waals surface area contributed by atoms with Crippen LogP contribution in [0.25, 0.3) is 6.08 Å². The molecule has 1 heterocycles. The van der Waals surface area contributed by atoms with Crippen LogP contribution in [0.3, 0.4) is 0 Å². The highest BCUT2D eigenvalue weighted by atomic mass is 35.5. The maximum absolute atomic E-state index is 11.3. The van der Waals surface area contributed by atoms with Crippen LogP contribution >= 0.6 is 11.6 Å². The third kappa shape index (κ3) is 2.39. The van der Waals surface area contributed by atoms with E-state index in [0.29, 0.717) is 16.3 Å². The van der Waals surface area contributed by atoms with Crippen LogP contribution in [0.5, 0.6) is 5.75 Å². The first-order chi connectivity index (χ1) is 8.10. The Morgan fingerprint density at radius 2 is 2.06 bits per heavy atom. The average Bonchev–Trinajstić information content (AvgIpc) is 2.58. The van der Waals surface area contributed by atoms with Gasteiger partial charge in [0, 0.05) is 10.6 Å². The van der Waals surface area contributed by atoms with E-state index in [0.717, 1.165) is 0 Å². The predicted octanol–water partition coefficient (Wildman–Crippen LogP) is 1.53. The Balaban J connectivity index is 2.41. The van der Waals surface area contributed by atoms with Gasteiger partial charge < -0.3 is 10.1 Å². The molecule has 0 bridgehead atoms. The molecular formula is C11H9ClN2O3. The molecule has 1 fully saturated rings. The Morgan fingerprint density at radius 1 is 1.29 bits per heavy atom. The number of hydrogen-bond acceptors (Lipinski definition) is 3. The van der Waals surface area contributed by atoms with E-state index in [1.54, 1.807) is 18.2 Å². The maximum atomic E-state index is 11.3. The number of imide groups is 1. The van der Waals surface area contributed by atoms with Crippen molar-refractivity contribution in [1.82, 2.24) is 10.6 Å². The van der Waals surface area contributed by atoms with Gasteiger partial charge >= 0.3 is 6.03 Å². The van der Waals surface area contributed by atoms with Gasteiger partial charge in [-0.3, -0.25) is 10.1 Å². The Bertz CT molecular complexity index is 525. The molecule has 1 saturated heterocycles. The van der Waals surface area contributed by atoms with Crippen molar-refractivity contribution < 1.29 is 14.3 Å². The average molecular weight is 253 g/mol. The predicted molar refractivity (Wildman–Crippen MR) is 62.7 cm³/mol. The normalized spacial score (nSPS) is 16.9. The highest BCUT2D eigenvalue weighted by Crippen LogP contribution is 2.24. The van der Waals surface area contributed by atoms with Crippen LogP contribution in [0.15, 0.2) is 23.9 Å². The first kappa shape index (κ1) is 11.5. The minimum absolute atomic E-state index is 0.163. The standard InChI is InChI=1S/C11H9ClN2O3/c1-17-9-3-2-7(12)4-6(9)5-8-10(15)14-11(16)13-8/h2-5H,1H3,(H2,13,14,15,16). The van der Waals surface area contributed by atoms with E-state index in [-0.39, 0.29) is 5.70 Å². The number of carbonyl (C=O) groups excluding carboxylic acids is 2. The summed E-state index contributed by atoms with van der Waals surface area (Å²) >= 11 is 5.85. The molecule has 88 valence electrons. The lowest BCUT2D eigenvalue weighted by Crippen LogP contribution is -2.22. The highest BCUT2D eigenvalue weighted by molar-refractivity contribution is 6.30. The van der Waals surface area contributed by atoms with Gasteiger partial charge in [-0.15, -0.1) is 0 Å². The quantitative estimate of drug-likeness (QED) is 0.620. The Kier molecular flexibility index (Phi) is 3.01. The summed E-state index contributed by atoms with van der Waals surface area (Å²) in [5.74, 6) is 0.0906. The van der Waals surface area contributed by atoms with Gasteiger partial charge in [-0.1, -0.05) is 11.6 Å². The number of urea groups is 1. The highest BCUT2D eigenvalue weighted by Gasteiger charge is 2.23. The van der Waals surface area contributed by atoms with Gasteiger partial charge in [0.25, 0.3) is 5.91 Å². The summed E-state index contributed by atoms with van der Waals surface area (Å²) in [6, 6.07) is 4.46. The van der Waals surface area contributed by atoms with Gasteiger partial charge in [0.15, 0.2) is 0 Å². The minimum atomic E-state index is -0.540. The number of benzene rings is 1. The number of carbonyl (C=O) groups is 2. The molecule has 3 amide bonds. The lowest BCUT2D eigenvalue weighted by Gasteiger charge is -2.05. The van der Waals surface area contributed by atoms with Crippen LogP contribution in [0, 0.1) is 0 Å². The molecule has 0 aliphatic carbocycles. The second-order valence-corrected chi connectivity index (χ2v) is 3.79. The number of ether oxygens (including phenoxy) is 1. The van der Waals surface area contributed by atoms with Crippen molar-refractivity contribution in [3.8, 4) is 5.75 Å². The third-order valence-electron chi connectivity index (χ3n) is 2.21. The van der Waals surface area contributed by atoms with Crippen molar-refractivity contribution in [3.63, 3.8) is 0 Å². The van der Waals surface area contributed by atoms with Crippen molar-refractivity contribution in [2.75, 3.05) is 7.11 Å². The summed E-state index contributed by atoms with van der Waals surface area (Å²) in [5, 5.41) is 5.01. The molecule has 0 unspecified atom stereocenters. The van der Waals surface area contributed by atoms with E-state index in [2.05, 4.69) is 10.6 Å². The summed E-state index contributed by atoms with van der Waals surface area (Å²) in [4.78, 5) is 22.3. The molecule has 0 radical (unpaired) electrons. The van der Waals surface area contributed by atoms with Crippen molar-refractivity contribution in [2.45, 2.75) is 0 Å². The molecule has 5 nitrogen and oxygen atoms in total. The van der Waals surface area contributed by atoms with E-state index >= 15 is 0 Å². The van der Waals surface area contributed by atoms with Crippen molar-refractivity contribution >= 4 is 29.6 Å². The summed E-state index contributed by atoms with van der Waals surface area (Å²) in [6.07, 6.45) is 1.50. The molecule has 0 saturated carbocycles. The molecule has 17 heavy (non-hydrogen) atoms. The molecule has 2 N–H and O–H groups in total. The Morgan fingerprint density at radius 3 is 2.65 bits per heavy atom. The number of nitrogens with one attached hydrogen (secondary N) is 2. The van der Waals surface area contributed by atoms with E-state index in [9.17, 15) is 9.59 Å². The fraction of sp³-hybridized carbons (Fsp3) is 0.0909. The monoisotopic (exact) mass is 252 g/mol. The van der Waals surface area contributed by atoms with Crippen molar-refractivity contribution in [1.29, 1.82) is 0 Å². The van der Waals surface area contributed by atoms with Crippen LogP contribution < -0.4 is 15.4 Å². The fourth-order valence-electron chi connectivity index (χ4n) is 1.46. The number of halogens is 1. The van der Waals surface area contributed by atoms with Gasteiger partial charge in [0.2, 0.25) is 0 Å². The van der Waals surface area contributed by atoms with Gasteiger partial charge in [-0.25, -0.2) is 4.79 Å². The molecule has 6 heteroatoms. The largest absolute Gasteiger partial charge is 0.496 e. The van der Waals surface area contributed by atoms with Crippen LogP contribution in [-0.4, -0.2) is 19.0 Å². The molecule has 0 atom stereocenters. The second-order valence-electron chi connectivity index (χ2n) is 3.35. The first-order valence-corrected chi connectivity index (χ1v) is 5.15. The zero-order chi connectivity index (χ0) is 12.4. The van der Waals surface area contributed by atoms with E-state index in [4.69, 9.17) is 16.3 Å². The second kappa shape index (κ2) is 4.47. The van der Waals surface area contributed by atoms with Crippen molar-refractivity contribution in [3.05, 3.63) is 34.5 Å². The number of hydrogen-bond donors (Lipinski definition) is 2. The summed E-state index contributed by atoms with van der Waals surface area (Å²) < 4.78 is 5.13. The molecule has 2 rings (SSSR count). The van der Waals surface area contributed by atoms with Crippen LogP contribution in [0.2, 0.25) is 5.02 Å². The lowest BCUT2D eigenvalue weighted by molar-refractivity contribution is -0.115. The van der Waals surface area contributed by atoms with Crippen LogP contribution in [0.4, 0.5) is 4.79 Å². The SMILES string of the molecule is COc1ccc(Cl)cc1C=C1NC(=O)NC1=O. The number of rotatable bonds is 2. The summed E-state index contributed by atoms with van der Waals surface area (Å²) in [6.45, 7) is 0. The third-order valence-corrected chi connectivity index (χ3v) is 2.45. The van der Waals surface area contributed by atoms with Gasteiger partial charge in [0.1, 0.15) is 11.4 Å². The fourth-order valence-corrected chi connectivity index (χ4v) is 1.64. The number of amides is 3. The van der Waals surface area contributed by atoms with E-state index < -0.39 is 11.9 Å². The van der Waals surface area contributed by atoms with E-state index in [1.807, 2.05) is 0 Å². The molecule has 0 spiro atoms. The first-order valence-electron chi connectivity index (χ1n) is 4.77. The Labute approximate surface area is 102 Å². The van der Waals surface area contributed by atoms with E-state index in [1.165, 1.54) is 13.2 Å². The van der Waals surface area contributed by atoms with Crippen molar-refractivity contribution in [2.24, 2.45) is 0 Å². The van der Waals surface area contributed by atoms with Gasteiger partial charge in [-0.05, 0) is 24.3 Å². The molecular weight excluding hydrogens is 244 g/mol. The molecule has 1 aliphatic heterocycles. The Hall–Kier alpha value is -2.01. The number of methoxy groups -OCH3 is 1. The smallest absolute Gasteiger partial charge is 0.326 e. The van der Waals surface area contributed by atoms with Gasteiger partial charge in [0.05, 0.1) is 7.11 Å². The zero-order valence-electron chi connectivity index (χ0n) is 8.91. The molecule has 0 aromatic heterocycles. The minimum Gasteiger partial charge on any atom is -0.496 e. The summed E-state index contributed by atoms with van der Waals surface area (Å²) in [7, 11) is 1.51. The maximum Gasteiger partial charge on any atom is 0.326 e.